The average Bonchev–Trinajstić information content (AvgIpc) is 2.83. The molecule has 3 rings (SSSR count). The van der Waals surface area contributed by atoms with E-state index < -0.39 is 0 Å². The molecule has 0 aromatic rings. The van der Waals surface area contributed by atoms with E-state index in [2.05, 4.69) is 36.9 Å². The Hall–Kier alpha value is -1.77. The predicted molar refractivity (Wildman–Crippen MR) is 81.7 cm³/mol. The van der Waals surface area contributed by atoms with E-state index in [1.807, 2.05) is 0 Å². The summed E-state index contributed by atoms with van der Waals surface area (Å²) in [5, 5.41) is 0. The molecule has 2 aliphatic heterocycles. The van der Waals surface area contributed by atoms with E-state index in [4.69, 9.17) is 9.72 Å². The minimum atomic E-state index is 0.982. The summed E-state index contributed by atoms with van der Waals surface area (Å²) >= 11 is 0. The lowest BCUT2D eigenvalue weighted by Gasteiger charge is -2.14. The summed E-state index contributed by atoms with van der Waals surface area (Å²) in [4.78, 5) is 4.89. The highest BCUT2D eigenvalue weighted by molar-refractivity contribution is 5.76. The van der Waals surface area contributed by atoms with Gasteiger partial charge in [-0.3, -0.25) is 0 Å². The second kappa shape index (κ2) is 5.31. The summed E-state index contributed by atoms with van der Waals surface area (Å²) in [6.45, 7) is 2.23. The van der Waals surface area contributed by atoms with Gasteiger partial charge < -0.3 is 9.30 Å². The first-order chi connectivity index (χ1) is 9.74. The molecule has 0 fully saturated rings. The Kier molecular flexibility index (Phi) is 3.51. The molecule has 0 atom stereocenters. The molecular weight excluding hydrogens is 248 g/mol. The molecule has 0 bridgehead atoms. The molecule has 0 saturated carbocycles. The number of hydrogen-bond acceptors (Lipinski definition) is 2. The second-order valence-corrected chi connectivity index (χ2v) is 5.53. The van der Waals surface area contributed by atoms with E-state index in [0.29, 0.717) is 0 Å². The molecule has 0 N–H and O–H groups in total. The van der Waals surface area contributed by atoms with Crippen molar-refractivity contribution in [2.75, 3.05) is 7.11 Å². The molecule has 3 nitrogen and oxygen atoms in total. The lowest BCUT2D eigenvalue weighted by Crippen LogP contribution is -2.04. The van der Waals surface area contributed by atoms with Gasteiger partial charge in [0.2, 0.25) is 0 Å². The number of methoxy groups -OCH3 is 1. The zero-order chi connectivity index (χ0) is 14.1. The van der Waals surface area contributed by atoms with Crippen LogP contribution >= 0.6 is 0 Å². The molecule has 106 valence electrons. The molecule has 0 aromatic heterocycles. The monoisotopic (exact) mass is 270 g/mol. The van der Waals surface area contributed by atoms with Crippen LogP contribution in [0.15, 0.2) is 18.0 Å². The van der Waals surface area contributed by atoms with Crippen LogP contribution in [0.3, 0.4) is 0 Å². The van der Waals surface area contributed by atoms with E-state index in [1.165, 1.54) is 35.4 Å². The van der Waals surface area contributed by atoms with Crippen molar-refractivity contribution in [3.8, 4) is 11.3 Å². The molecule has 0 aromatic carbocycles. The number of nitrogens with zero attached hydrogens (tertiary/aromatic N) is 2. The Morgan fingerprint density at radius 2 is 2.20 bits per heavy atom. The molecule has 3 heteroatoms. The van der Waals surface area contributed by atoms with Gasteiger partial charge in [0.05, 0.1) is 24.3 Å². The van der Waals surface area contributed by atoms with Crippen molar-refractivity contribution in [2.24, 2.45) is 7.05 Å². The maximum absolute atomic E-state index is 5.38. The van der Waals surface area contributed by atoms with Crippen molar-refractivity contribution in [1.29, 1.82) is 0 Å². The fourth-order valence-electron chi connectivity index (χ4n) is 3.03. The van der Waals surface area contributed by atoms with Gasteiger partial charge in [-0.25, -0.2) is 4.98 Å². The minimum Gasteiger partial charge on any atom is -0.501 e. The van der Waals surface area contributed by atoms with Crippen LogP contribution in [0.25, 0.3) is 17.3 Å². The molecule has 0 unspecified atom stereocenters. The predicted octanol–water partition coefficient (Wildman–Crippen LogP) is 3.80. The van der Waals surface area contributed by atoms with Gasteiger partial charge in [0, 0.05) is 37.0 Å². The summed E-state index contributed by atoms with van der Waals surface area (Å²) in [6, 6.07) is 2.21. The van der Waals surface area contributed by atoms with Crippen LogP contribution in [-0.4, -0.2) is 16.7 Å². The number of allylic oxidation sites excluding steroid dienone is 1. The Morgan fingerprint density at radius 1 is 1.35 bits per heavy atom. The highest BCUT2D eigenvalue weighted by atomic mass is 16.5. The molecule has 0 spiro atoms. The van der Waals surface area contributed by atoms with Crippen LogP contribution < -0.4 is 0 Å². The number of hydrogen-bond donors (Lipinski definition) is 0. The Labute approximate surface area is 120 Å². The van der Waals surface area contributed by atoms with Crippen LogP contribution in [-0.2, 0) is 24.6 Å². The molecule has 2 heterocycles. The van der Waals surface area contributed by atoms with Crippen LogP contribution in [0.1, 0.15) is 43.1 Å². The lowest BCUT2D eigenvalue weighted by atomic mass is 9.96. The normalized spacial score (nSPS) is 14.2. The highest BCUT2D eigenvalue weighted by Gasteiger charge is 2.23. The maximum Gasteiger partial charge on any atom is 0.0980 e. The summed E-state index contributed by atoms with van der Waals surface area (Å²) in [7, 11) is 3.86. The number of unbranched alkanes of at least 4 members (excludes halogenated alkanes) is 1. The smallest absolute Gasteiger partial charge is 0.0980 e. The summed E-state index contributed by atoms with van der Waals surface area (Å²) in [5.74, 6) is 1.04. The highest BCUT2D eigenvalue weighted by Crippen LogP contribution is 2.36. The third-order valence-corrected chi connectivity index (χ3v) is 4.23. The van der Waals surface area contributed by atoms with E-state index in [1.54, 1.807) is 7.11 Å². The Morgan fingerprint density at radius 3 is 2.95 bits per heavy atom. The first-order valence-electron chi connectivity index (χ1n) is 7.46. The minimum absolute atomic E-state index is 0.982. The molecule has 1 aliphatic carbocycles. The molecule has 3 aliphatic rings. The molecular formula is C17H22N2O. The Bertz CT molecular complexity index is 624. The zero-order valence-corrected chi connectivity index (χ0v) is 12.6. The second-order valence-electron chi connectivity index (χ2n) is 5.53. The van der Waals surface area contributed by atoms with Gasteiger partial charge in [0.25, 0.3) is 0 Å². The van der Waals surface area contributed by atoms with Crippen molar-refractivity contribution in [2.45, 2.75) is 39.0 Å². The van der Waals surface area contributed by atoms with Gasteiger partial charge in [-0.2, -0.15) is 0 Å². The summed E-state index contributed by atoms with van der Waals surface area (Å²) in [5.41, 5.74) is 6.36. The molecule has 0 saturated heterocycles. The first kappa shape index (κ1) is 13.2. The first-order valence-corrected chi connectivity index (χ1v) is 7.46. The maximum atomic E-state index is 5.38. The van der Waals surface area contributed by atoms with Gasteiger partial charge in [0.15, 0.2) is 0 Å². The van der Waals surface area contributed by atoms with Gasteiger partial charge in [-0.1, -0.05) is 13.3 Å². The van der Waals surface area contributed by atoms with E-state index in [0.717, 1.165) is 30.7 Å². The Balaban J connectivity index is 2.11. The van der Waals surface area contributed by atoms with Gasteiger partial charge in [-0.15, -0.1) is 0 Å². The third kappa shape index (κ3) is 2.11. The van der Waals surface area contributed by atoms with Crippen molar-refractivity contribution in [1.82, 2.24) is 9.55 Å². The van der Waals surface area contributed by atoms with Gasteiger partial charge in [0.1, 0.15) is 0 Å². The lowest BCUT2D eigenvalue weighted by molar-refractivity contribution is 0.280. The summed E-state index contributed by atoms with van der Waals surface area (Å²) < 4.78 is 7.60. The fourth-order valence-corrected chi connectivity index (χ4v) is 3.03. The number of aromatic nitrogens is 2. The molecule has 0 radical (unpaired) electrons. The number of fused-ring (bicyclic) bond motifs is 3. The third-order valence-electron chi connectivity index (χ3n) is 4.23. The SMILES string of the molecule is CCCCc1c2nc3c(c-2ccn1C)CCC(OC)=C3. The molecule has 0 amide bonds. The largest absolute Gasteiger partial charge is 0.501 e. The quantitative estimate of drug-likeness (QED) is 0.845. The average molecular weight is 270 g/mol. The van der Waals surface area contributed by atoms with Crippen molar-refractivity contribution in [3.63, 3.8) is 0 Å². The van der Waals surface area contributed by atoms with E-state index >= 15 is 0 Å². The molecule has 20 heavy (non-hydrogen) atoms. The van der Waals surface area contributed by atoms with Gasteiger partial charge >= 0.3 is 0 Å². The van der Waals surface area contributed by atoms with Gasteiger partial charge in [-0.05, 0) is 30.9 Å². The number of ether oxygens (including phenoxy) is 1. The topological polar surface area (TPSA) is 27.1 Å². The van der Waals surface area contributed by atoms with E-state index in [9.17, 15) is 0 Å². The van der Waals surface area contributed by atoms with Crippen LogP contribution in [0.2, 0.25) is 0 Å². The van der Waals surface area contributed by atoms with Crippen LogP contribution in [0.4, 0.5) is 0 Å². The fraction of sp³-hybridized carbons (Fsp3) is 0.471. The van der Waals surface area contributed by atoms with Crippen molar-refractivity contribution >= 4 is 6.08 Å². The zero-order valence-electron chi connectivity index (χ0n) is 12.6. The van der Waals surface area contributed by atoms with E-state index in [-0.39, 0.29) is 0 Å². The van der Waals surface area contributed by atoms with Crippen molar-refractivity contribution in [3.05, 3.63) is 35.0 Å². The number of aryl methyl sites for hydroxylation is 1. The summed E-state index contributed by atoms with van der Waals surface area (Å²) in [6.07, 6.45) is 9.81. The number of rotatable bonds is 4. The van der Waals surface area contributed by atoms with Crippen LogP contribution in [0.5, 0.6) is 0 Å². The van der Waals surface area contributed by atoms with Crippen LogP contribution in [0, 0.1) is 0 Å². The standard InChI is InChI=1S/C17H22N2O/c1-4-5-6-16-17-14(9-10-19(16)2)13-8-7-12(20-3)11-15(13)18-17/h9-11H,4-8H2,1-3H3. The van der Waals surface area contributed by atoms with Crippen molar-refractivity contribution < 1.29 is 4.74 Å². The number of pyridine rings is 1.